The highest BCUT2D eigenvalue weighted by Crippen LogP contribution is 1.62. The first-order valence-electron chi connectivity index (χ1n) is 1.72. The Bertz CT molecular complexity index is 140. The molecule has 0 aliphatic carbocycles. The maximum atomic E-state index is 5.33. The van der Waals surface area contributed by atoms with Gasteiger partial charge in [-0.3, -0.25) is 0 Å². The summed E-state index contributed by atoms with van der Waals surface area (Å²) in [4.78, 5) is 7.21. The normalized spacial score (nSPS) is 8.71. The number of halogens is 1. The van der Waals surface area contributed by atoms with Crippen molar-refractivity contribution in [3.05, 3.63) is 19.0 Å². The van der Waals surface area contributed by atoms with E-state index < -0.39 is 0 Å². The van der Waals surface area contributed by atoms with Crippen LogP contribution in [0.3, 0.4) is 0 Å². The Morgan fingerprint density at radius 3 is 2.14 bits per heavy atom. The van der Waals surface area contributed by atoms with E-state index in [9.17, 15) is 0 Å². The van der Waals surface area contributed by atoms with Crippen LogP contribution in [0.4, 0.5) is 0 Å². The van der Waals surface area contributed by atoms with Gasteiger partial charge in [-0.2, -0.15) is 0 Å². The van der Waals surface area contributed by atoms with Crippen molar-refractivity contribution in [2.24, 2.45) is 0 Å². The molecule has 0 N–H and O–H groups in total. The third-order valence-corrected chi connectivity index (χ3v) is 0.662. The molecule has 0 saturated heterocycles. The molecule has 0 saturated carbocycles. The summed E-state index contributed by atoms with van der Waals surface area (Å²) in [6.07, 6.45) is 4.32. The lowest BCUT2D eigenvalue weighted by atomic mass is 11.1. The topological polar surface area (TPSA) is 29.7 Å². The highest BCUT2D eigenvalue weighted by atomic mass is 35.5. The van der Waals surface area contributed by atoms with Crippen LogP contribution in [0.1, 0.15) is 0 Å². The molecule has 0 radical (unpaired) electrons. The summed E-state index contributed by atoms with van der Waals surface area (Å²) in [5.41, 5.74) is 0. The van der Waals surface area contributed by atoms with Crippen molar-refractivity contribution in [1.82, 2.24) is 9.97 Å². The van der Waals surface area contributed by atoms with Crippen LogP contribution in [0.25, 0.3) is 0 Å². The van der Waals surface area contributed by atoms with Crippen molar-refractivity contribution < 1.29 is 4.09 Å². The number of nitrogens with zero attached hydrogens (tertiary/aromatic N) is 3. The van der Waals surface area contributed by atoms with E-state index in [-0.39, 0.29) is 0 Å². The first kappa shape index (κ1) is 4.46. The first-order valence-corrected chi connectivity index (χ1v) is 2.06. The van der Waals surface area contributed by atoms with Gasteiger partial charge in [0, 0.05) is 0 Å². The van der Waals surface area contributed by atoms with Crippen molar-refractivity contribution in [2.75, 3.05) is 0 Å². The van der Waals surface area contributed by atoms with Crippen LogP contribution >= 0.6 is 11.8 Å². The summed E-state index contributed by atoms with van der Waals surface area (Å²) in [5.74, 6) is 0. The first-order chi connectivity index (χ1) is 3.39. The average molecular weight is 117 g/mol. The third-order valence-electron chi connectivity index (χ3n) is 0.487. The van der Waals surface area contributed by atoms with Crippen LogP contribution in [0, 0.1) is 0 Å². The molecule has 1 aromatic heterocycles. The van der Waals surface area contributed by atoms with E-state index in [4.69, 9.17) is 11.8 Å². The summed E-state index contributed by atoms with van der Waals surface area (Å²) < 4.78 is 1.25. The number of rotatable bonds is 0. The Morgan fingerprint density at radius 1 is 1.29 bits per heavy atom. The van der Waals surface area contributed by atoms with E-state index in [0.717, 1.165) is 0 Å². The number of hydrogen-bond donors (Lipinski definition) is 0. The maximum Gasteiger partial charge on any atom is 0.263 e. The minimum atomic E-state index is 1.25. The predicted octanol–water partition coefficient (Wildman–Crippen LogP) is -0.234. The Kier molecular flexibility index (Phi) is 1.17. The van der Waals surface area contributed by atoms with Gasteiger partial charge in [0.2, 0.25) is 12.7 Å². The van der Waals surface area contributed by atoms with E-state index >= 15 is 0 Å². The Hall–Kier alpha value is -0.700. The molecule has 7 heavy (non-hydrogen) atoms. The highest BCUT2D eigenvalue weighted by molar-refractivity contribution is 6.04. The second-order valence-corrected chi connectivity index (χ2v) is 1.38. The standard InChI is InChI=1S/C3H3ClN3/c4-7-2-5-1-6-3-7/h1-3H/q+1. The van der Waals surface area contributed by atoms with Gasteiger partial charge in [0.05, 0.1) is 0 Å². The fraction of sp³-hybridized carbons (Fsp3) is 0. The summed E-state index contributed by atoms with van der Waals surface area (Å²) in [5, 5.41) is 0. The van der Waals surface area contributed by atoms with Crippen LogP contribution in [0.5, 0.6) is 0 Å². The van der Waals surface area contributed by atoms with E-state index in [0.29, 0.717) is 0 Å². The molecule has 0 unspecified atom stereocenters. The number of hydrogen-bond acceptors (Lipinski definition) is 2. The molecule has 1 rings (SSSR count). The van der Waals surface area contributed by atoms with Gasteiger partial charge < -0.3 is 0 Å². The summed E-state index contributed by atoms with van der Waals surface area (Å²) in [6.45, 7) is 0. The van der Waals surface area contributed by atoms with E-state index in [2.05, 4.69) is 9.97 Å². The molecule has 0 bridgehead atoms. The van der Waals surface area contributed by atoms with Crippen LogP contribution < -0.4 is 4.09 Å². The summed E-state index contributed by atoms with van der Waals surface area (Å²) in [7, 11) is 0. The molecule has 4 heteroatoms. The fourth-order valence-corrected chi connectivity index (χ4v) is 0.356. The molecule has 0 fully saturated rings. The molecular weight excluding hydrogens is 114 g/mol. The highest BCUT2D eigenvalue weighted by Gasteiger charge is 1.84. The monoisotopic (exact) mass is 116 g/mol. The molecule has 0 amide bonds. The second kappa shape index (κ2) is 1.84. The lowest BCUT2D eigenvalue weighted by molar-refractivity contribution is -0.527. The van der Waals surface area contributed by atoms with Crippen molar-refractivity contribution in [3.63, 3.8) is 0 Å². The fourth-order valence-electron chi connectivity index (χ4n) is 0.255. The van der Waals surface area contributed by atoms with Gasteiger partial charge in [-0.05, 0) is 0 Å². The zero-order valence-corrected chi connectivity index (χ0v) is 4.21. The third kappa shape index (κ3) is 1.08. The lowest BCUT2D eigenvalue weighted by Crippen LogP contribution is -2.19. The van der Waals surface area contributed by atoms with Gasteiger partial charge in [0.15, 0.2) is 0 Å². The van der Waals surface area contributed by atoms with Gasteiger partial charge in [0.1, 0.15) is 11.8 Å². The van der Waals surface area contributed by atoms with Crippen LogP contribution in [-0.4, -0.2) is 9.97 Å². The molecule has 36 valence electrons. The zero-order chi connectivity index (χ0) is 5.11. The molecule has 1 heterocycles. The molecule has 0 aliphatic heterocycles. The molecule has 0 aliphatic rings. The number of aromatic nitrogens is 3. The van der Waals surface area contributed by atoms with Crippen molar-refractivity contribution >= 4 is 11.8 Å². The molecule has 0 spiro atoms. The Morgan fingerprint density at radius 2 is 1.86 bits per heavy atom. The van der Waals surface area contributed by atoms with E-state index in [1.54, 1.807) is 0 Å². The molecule has 0 atom stereocenters. The Balaban J connectivity index is 3.02. The van der Waals surface area contributed by atoms with Crippen molar-refractivity contribution in [1.29, 1.82) is 0 Å². The molecule has 3 nitrogen and oxygen atoms in total. The summed E-state index contributed by atoms with van der Waals surface area (Å²) in [6, 6.07) is 0. The SMILES string of the molecule is Cl[n+]1cncnc1. The second-order valence-electron chi connectivity index (χ2n) is 0.989. The molecule has 0 aromatic carbocycles. The van der Waals surface area contributed by atoms with E-state index in [1.807, 2.05) is 0 Å². The minimum absolute atomic E-state index is 1.25. The summed E-state index contributed by atoms with van der Waals surface area (Å²) >= 11 is 5.33. The van der Waals surface area contributed by atoms with Crippen LogP contribution in [-0.2, 0) is 0 Å². The van der Waals surface area contributed by atoms with Crippen molar-refractivity contribution in [2.45, 2.75) is 0 Å². The predicted molar refractivity (Wildman–Crippen MR) is 23.5 cm³/mol. The minimum Gasteiger partial charge on any atom is -0.138 e. The van der Waals surface area contributed by atoms with E-state index in [1.165, 1.54) is 23.1 Å². The average Bonchev–Trinajstić information content (AvgIpc) is 1.69. The smallest absolute Gasteiger partial charge is 0.138 e. The van der Waals surface area contributed by atoms with Gasteiger partial charge >= 0.3 is 0 Å². The van der Waals surface area contributed by atoms with Gasteiger partial charge in [-0.1, -0.05) is 9.97 Å². The van der Waals surface area contributed by atoms with Crippen LogP contribution in [0.2, 0.25) is 0 Å². The van der Waals surface area contributed by atoms with Crippen LogP contribution in [0.15, 0.2) is 19.0 Å². The largest absolute Gasteiger partial charge is 0.263 e. The van der Waals surface area contributed by atoms with Crippen molar-refractivity contribution in [3.8, 4) is 0 Å². The van der Waals surface area contributed by atoms with Gasteiger partial charge in [-0.15, -0.1) is 4.09 Å². The quantitative estimate of drug-likeness (QED) is 0.469. The molecule has 1 aromatic rings. The maximum absolute atomic E-state index is 5.33. The molecular formula is C3H3ClN3+. The zero-order valence-electron chi connectivity index (χ0n) is 3.45. The Labute approximate surface area is 45.7 Å². The lowest BCUT2D eigenvalue weighted by Gasteiger charge is -1.72. The van der Waals surface area contributed by atoms with Gasteiger partial charge in [0.25, 0.3) is 6.33 Å². The van der Waals surface area contributed by atoms with Gasteiger partial charge in [-0.25, -0.2) is 0 Å².